The van der Waals surface area contributed by atoms with Crippen molar-refractivity contribution in [1.29, 1.82) is 0 Å². The molecule has 0 fully saturated rings. The second-order valence-corrected chi connectivity index (χ2v) is 18.1. The number of benzene rings is 3. The van der Waals surface area contributed by atoms with Crippen molar-refractivity contribution in [3.63, 3.8) is 0 Å². The Morgan fingerprint density at radius 2 is 0.953 bits per heavy atom. The molecule has 43 heavy (non-hydrogen) atoms. The quantitative estimate of drug-likeness (QED) is 0.306. The smallest absolute Gasteiger partial charge is 1.00 e. The van der Waals surface area contributed by atoms with Crippen molar-refractivity contribution in [1.82, 2.24) is 0 Å². The Labute approximate surface area is 285 Å². The third-order valence-electron chi connectivity index (χ3n) is 7.35. The van der Waals surface area contributed by atoms with Crippen molar-refractivity contribution in [2.45, 2.75) is 46.3 Å². The van der Waals surface area contributed by atoms with E-state index in [1.807, 2.05) is 0 Å². The number of nitrogens with zero attached hydrogens (tertiary/aromatic N) is 2. The first-order chi connectivity index (χ1) is 19.8. The van der Waals surface area contributed by atoms with Crippen LogP contribution in [0.15, 0.2) is 149 Å². The molecule has 0 aromatic heterocycles. The van der Waals surface area contributed by atoms with Gasteiger partial charge in [-0.05, 0) is 38.1 Å². The summed E-state index contributed by atoms with van der Waals surface area (Å²) >= 11 is 1.69. The Bertz CT molecular complexity index is 1510. The maximum absolute atomic E-state index is 3.39. The van der Waals surface area contributed by atoms with E-state index >= 15 is 0 Å². The molecule has 7 rings (SSSR count). The summed E-state index contributed by atoms with van der Waals surface area (Å²) in [7, 11) is 0. The molecule has 0 N–H and O–H groups in total. The number of halogens is 2. The van der Waals surface area contributed by atoms with Gasteiger partial charge < -0.3 is 34.6 Å². The second kappa shape index (κ2) is 15.9. The van der Waals surface area contributed by atoms with E-state index < -0.39 is 0 Å². The van der Waals surface area contributed by atoms with E-state index in [9.17, 15) is 0 Å². The molecular formula is C37H36Cl2N2SiZr-2. The zero-order chi connectivity index (χ0) is 28.9. The molecule has 0 bridgehead atoms. The third kappa shape index (κ3) is 8.31. The summed E-state index contributed by atoms with van der Waals surface area (Å²) in [6.07, 6.45) is 15.7. The summed E-state index contributed by atoms with van der Waals surface area (Å²) in [4.78, 5) is 4.72. The Morgan fingerprint density at radius 1 is 0.605 bits per heavy atom. The molecule has 2 atom stereocenters. The first-order valence-corrected chi connectivity index (χ1v) is 19.9. The van der Waals surface area contributed by atoms with Gasteiger partial charge in [0.1, 0.15) is 0 Å². The van der Waals surface area contributed by atoms with Crippen molar-refractivity contribution < 1.29 is 48.1 Å². The van der Waals surface area contributed by atoms with E-state index in [2.05, 4.69) is 171 Å². The zero-order valence-electron chi connectivity index (χ0n) is 25.3. The fourth-order valence-corrected chi connectivity index (χ4v) is 7.45. The monoisotopic (exact) mass is 696 g/mol. The number of anilines is 2. The van der Waals surface area contributed by atoms with Crippen molar-refractivity contribution in [3.05, 3.63) is 161 Å². The Morgan fingerprint density at radius 3 is 1.28 bits per heavy atom. The standard InChI is InChI=1S/2C15H14N.C7H8Si.2ClH.Zr/c2*1-11-8-13-10-12(2)16(15(13)9-11)14-6-4-3-5-7-14;1-8-7-5-3-2-4-6-7;;;/h2*3-7,9-10,12H,1-2H3;2-6H,1H3;2*1H;/q2*-1;;;;+2/p-2. The van der Waals surface area contributed by atoms with Crippen LogP contribution in [0.1, 0.15) is 27.7 Å². The molecule has 0 spiro atoms. The maximum atomic E-state index is 3.39. The minimum Gasteiger partial charge on any atom is -1.00 e. The van der Waals surface area contributed by atoms with Gasteiger partial charge in [-0.25, -0.2) is 0 Å². The van der Waals surface area contributed by atoms with Crippen molar-refractivity contribution >= 4 is 22.0 Å². The fourth-order valence-electron chi connectivity index (χ4n) is 5.53. The number of fused-ring (bicyclic) bond motifs is 2. The average molecular weight is 699 g/mol. The summed E-state index contributed by atoms with van der Waals surface area (Å²) in [6.45, 7) is 11.0. The summed E-state index contributed by atoms with van der Waals surface area (Å²) in [5.41, 5.74) is 9.88. The van der Waals surface area contributed by atoms with Crippen LogP contribution in [-0.2, 0) is 23.3 Å². The average Bonchev–Trinajstić information content (AvgIpc) is 3.68. The predicted molar refractivity (Wildman–Crippen MR) is 172 cm³/mol. The summed E-state index contributed by atoms with van der Waals surface area (Å²) in [6, 6.07) is 32.7. The molecule has 3 aromatic carbocycles. The van der Waals surface area contributed by atoms with E-state index in [0.717, 1.165) is 0 Å². The van der Waals surface area contributed by atoms with E-state index in [4.69, 9.17) is 0 Å². The van der Waals surface area contributed by atoms with Gasteiger partial charge in [-0.3, -0.25) is 0 Å². The molecule has 0 saturated carbocycles. The van der Waals surface area contributed by atoms with Gasteiger partial charge in [-0.2, -0.15) is 0 Å². The third-order valence-corrected chi connectivity index (χ3v) is 10.7. The van der Waals surface area contributed by atoms with Gasteiger partial charge in [0.2, 0.25) is 0 Å². The van der Waals surface area contributed by atoms with Gasteiger partial charge in [0.25, 0.3) is 0 Å². The predicted octanol–water partition coefficient (Wildman–Crippen LogP) is 2.01. The second-order valence-electron chi connectivity index (χ2n) is 10.7. The first kappa shape index (κ1) is 34.9. The van der Waals surface area contributed by atoms with E-state index in [0.29, 0.717) is 12.1 Å². The summed E-state index contributed by atoms with van der Waals surface area (Å²) in [5, 5.41) is 1.56. The number of rotatable bonds is 3. The molecule has 0 radical (unpaired) electrons. The number of para-hydroxylation sites is 2. The molecule has 0 amide bonds. The summed E-state index contributed by atoms with van der Waals surface area (Å²) in [5.74, 6) is 0. The van der Waals surface area contributed by atoms with Gasteiger partial charge in [-0.15, -0.1) is 58.7 Å². The molecule has 2 aliphatic heterocycles. The fraction of sp³-hybridized carbons (Fsp3) is 0.189. The van der Waals surface area contributed by atoms with Gasteiger partial charge in [-0.1, -0.05) is 61.6 Å². The van der Waals surface area contributed by atoms with Gasteiger partial charge in [0.15, 0.2) is 0 Å². The van der Waals surface area contributed by atoms with E-state index in [1.165, 1.54) is 45.1 Å². The topological polar surface area (TPSA) is 6.48 Å². The minimum absolute atomic E-state index is 0. The van der Waals surface area contributed by atoms with E-state index in [-0.39, 0.29) is 30.2 Å². The van der Waals surface area contributed by atoms with Crippen LogP contribution in [0.5, 0.6) is 0 Å². The molecule has 2 unspecified atom stereocenters. The normalized spacial score (nSPS) is 18.9. The van der Waals surface area contributed by atoms with Crippen LogP contribution in [0, 0.1) is 12.2 Å². The molecule has 2 nitrogen and oxygen atoms in total. The van der Waals surface area contributed by atoms with Crippen LogP contribution in [0.25, 0.3) is 0 Å². The van der Waals surface area contributed by atoms with Crippen molar-refractivity contribution in [3.8, 4) is 0 Å². The molecule has 2 aliphatic carbocycles. The largest absolute Gasteiger partial charge is 1.00 e. The molecule has 6 heteroatoms. The van der Waals surface area contributed by atoms with Crippen LogP contribution < -0.4 is 39.8 Å². The van der Waals surface area contributed by atoms with Crippen LogP contribution >= 0.6 is 0 Å². The van der Waals surface area contributed by atoms with Crippen LogP contribution in [0.2, 0.25) is 6.55 Å². The number of allylic oxidation sites excluding steroid dienone is 6. The van der Waals surface area contributed by atoms with Crippen molar-refractivity contribution in [2.75, 3.05) is 9.80 Å². The molecule has 4 aliphatic rings. The first-order valence-electron chi connectivity index (χ1n) is 14.2. The van der Waals surface area contributed by atoms with Gasteiger partial charge >= 0.3 is 70.8 Å². The molecular weight excluding hydrogens is 663 g/mol. The molecule has 2 heterocycles. The molecule has 0 saturated heterocycles. The van der Waals surface area contributed by atoms with Gasteiger partial charge in [0, 0.05) is 23.5 Å². The maximum Gasteiger partial charge on any atom is -1.00 e. The SMILES string of the molecule is CC1=[C-]C2=CC(C)N(c3ccccc3)C2=C1.CC1=[C-]C2=CC(C)N(c3ccccc3)C2=C1.C[Si](=[Zr+2])c1ccccc1.[Cl-].[Cl-]. The number of hydrogen-bond donors (Lipinski definition) is 0. The summed E-state index contributed by atoms with van der Waals surface area (Å²) < 4.78 is 0. The Kier molecular flexibility index (Phi) is 12.9. The molecule has 218 valence electrons. The Balaban J connectivity index is 0.000000180. The Hall–Kier alpha value is -2.62. The minimum atomic E-state index is -0.122. The van der Waals surface area contributed by atoms with Crippen LogP contribution in [-0.4, -0.2) is 17.5 Å². The van der Waals surface area contributed by atoms with Crippen LogP contribution in [0.3, 0.4) is 0 Å². The van der Waals surface area contributed by atoms with E-state index in [1.54, 1.807) is 28.5 Å². The molecule has 3 aromatic rings. The van der Waals surface area contributed by atoms with Crippen molar-refractivity contribution in [2.24, 2.45) is 0 Å². The van der Waals surface area contributed by atoms with Crippen LogP contribution in [0.4, 0.5) is 11.4 Å². The number of hydrogen-bond acceptors (Lipinski definition) is 2. The zero-order valence-corrected chi connectivity index (χ0v) is 30.2. The van der Waals surface area contributed by atoms with Gasteiger partial charge in [0.05, 0.1) is 0 Å².